The van der Waals surface area contributed by atoms with E-state index in [2.05, 4.69) is 27.9 Å². The van der Waals surface area contributed by atoms with Crippen LogP contribution in [-0.4, -0.2) is 19.1 Å². The molecule has 1 unspecified atom stereocenters. The highest BCUT2D eigenvalue weighted by Gasteiger charge is 2.21. The molecule has 1 aromatic carbocycles. The van der Waals surface area contributed by atoms with Crippen LogP contribution in [0.5, 0.6) is 0 Å². The van der Waals surface area contributed by atoms with Crippen LogP contribution >= 0.6 is 22.6 Å². The number of amides is 1. The summed E-state index contributed by atoms with van der Waals surface area (Å²) in [4.78, 5) is 11.9. The van der Waals surface area contributed by atoms with Gasteiger partial charge in [0.2, 0.25) is 5.91 Å². The molecule has 1 aliphatic heterocycles. The highest BCUT2D eigenvalue weighted by molar-refractivity contribution is 14.1. The van der Waals surface area contributed by atoms with Crippen LogP contribution in [0.1, 0.15) is 12.8 Å². The minimum absolute atomic E-state index is 0.00613. The molecule has 1 heterocycles. The van der Waals surface area contributed by atoms with Gasteiger partial charge < -0.3 is 10.1 Å². The summed E-state index contributed by atoms with van der Waals surface area (Å²) in [6, 6.07) is 7.81. The Morgan fingerprint density at radius 2 is 2.38 bits per heavy atom. The summed E-state index contributed by atoms with van der Waals surface area (Å²) >= 11 is 2.23. The molecule has 0 aromatic heterocycles. The molecule has 2 rings (SSSR count). The van der Waals surface area contributed by atoms with Crippen LogP contribution in [0, 0.1) is 9.49 Å². The van der Waals surface area contributed by atoms with Gasteiger partial charge in [0.25, 0.3) is 0 Å². The van der Waals surface area contributed by atoms with Gasteiger partial charge in [-0.15, -0.1) is 0 Å². The molecule has 0 spiro atoms. The lowest BCUT2D eigenvalue weighted by Gasteiger charge is -2.21. The van der Waals surface area contributed by atoms with Crippen LogP contribution in [0.4, 0.5) is 5.69 Å². The van der Waals surface area contributed by atoms with Crippen molar-refractivity contribution in [1.29, 1.82) is 0 Å². The Morgan fingerprint density at radius 1 is 1.50 bits per heavy atom. The quantitative estimate of drug-likeness (QED) is 0.846. The SMILES string of the molecule is O=C(Nc1cccc(I)c1)C1CCCOC1. The average Bonchev–Trinajstić information content (AvgIpc) is 2.30. The van der Waals surface area contributed by atoms with E-state index in [9.17, 15) is 4.79 Å². The first-order valence-electron chi connectivity index (χ1n) is 5.40. The fraction of sp³-hybridized carbons (Fsp3) is 0.417. The molecule has 1 aromatic rings. The predicted molar refractivity (Wildman–Crippen MR) is 71.3 cm³/mol. The zero-order chi connectivity index (χ0) is 11.4. The Hall–Kier alpha value is -0.620. The van der Waals surface area contributed by atoms with Gasteiger partial charge in [-0.3, -0.25) is 4.79 Å². The maximum Gasteiger partial charge on any atom is 0.229 e. The fourth-order valence-electron chi connectivity index (χ4n) is 1.76. The van der Waals surface area contributed by atoms with Crippen LogP contribution in [0.25, 0.3) is 0 Å². The number of hydrogen-bond acceptors (Lipinski definition) is 2. The first-order valence-corrected chi connectivity index (χ1v) is 6.48. The second kappa shape index (κ2) is 5.63. The highest BCUT2D eigenvalue weighted by atomic mass is 127. The summed E-state index contributed by atoms with van der Waals surface area (Å²) in [6.07, 6.45) is 1.90. The van der Waals surface area contributed by atoms with E-state index in [4.69, 9.17) is 4.74 Å². The maximum absolute atomic E-state index is 11.9. The largest absolute Gasteiger partial charge is 0.381 e. The van der Waals surface area contributed by atoms with E-state index in [1.807, 2.05) is 24.3 Å². The van der Waals surface area contributed by atoms with E-state index in [1.165, 1.54) is 0 Å². The second-order valence-corrected chi connectivity index (χ2v) is 5.16. The summed E-state index contributed by atoms with van der Waals surface area (Å²) in [5, 5.41) is 2.93. The minimum Gasteiger partial charge on any atom is -0.381 e. The standard InChI is InChI=1S/C12H14INO2/c13-10-4-1-5-11(7-10)14-12(15)9-3-2-6-16-8-9/h1,4-5,7,9H,2-3,6,8H2,(H,14,15). The first kappa shape index (κ1) is 11.9. The molecular weight excluding hydrogens is 317 g/mol. The topological polar surface area (TPSA) is 38.3 Å². The number of ether oxygens (including phenoxy) is 1. The molecule has 86 valence electrons. The third-order valence-electron chi connectivity index (χ3n) is 2.62. The van der Waals surface area contributed by atoms with Gasteiger partial charge >= 0.3 is 0 Å². The lowest BCUT2D eigenvalue weighted by molar-refractivity contribution is -0.123. The normalized spacial score (nSPS) is 20.4. The zero-order valence-corrected chi connectivity index (χ0v) is 11.1. The van der Waals surface area contributed by atoms with Gasteiger partial charge in [0, 0.05) is 15.9 Å². The molecule has 0 radical (unpaired) electrons. The van der Waals surface area contributed by atoms with Crippen LogP contribution < -0.4 is 5.32 Å². The van der Waals surface area contributed by atoms with Crippen molar-refractivity contribution in [2.24, 2.45) is 5.92 Å². The number of carbonyl (C=O) groups is 1. The summed E-state index contributed by atoms with van der Waals surface area (Å²) < 4.78 is 6.42. The van der Waals surface area contributed by atoms with Crippen molar-refractivity contribution in [1.82, 2.24) is 0 Å². The van der Waals surface area contributed by atoms with E-state index >= 15 is 0 Å². The number of benzene rings is 1. The van der Waals surface area contributed by atoms with E-state index in [0.29, 0.717) is 6.61 Å². The summed E-state index contributed by atoms with van der Waals surface area (Å²) in [5.74, 6) is 0.0771. The molecule has 0 aliphatic carbocycles. The Balaban J connectivity index is 1.96. The van der Waals surface area contributed by atoms with Crippen LogP contribution in [0.3, 0.4) is 0 Å². The number of anilines is 1. The van der Waals surface area contributed by atoms with Crippen molar-refractivity contribution in [3.8, 4) is 0 Å². The van der Waals surface area contributed by atoms with Gasteiger partial charge in [-0.2, -0.15) is 0 Å². The summed E-state index contributed by atoms with van der Waals surface area (Å²) in [6.45, 7) is 1.34. The average molecular weight is 331 g/mol. The molecule has 1 fully saturated rings. The number of carbonyl (C=O) groups excluding carboxylic acids is 1. The third kappa shape index (κ3) is 3.18. The first-order chi connectivity index (χ1) is 7.75. The molecule has 1 saturated heterocycles. The van der Waals surface area contributed by atoms with Crippen molar-refractivity contribution in [3.05, 3.63) is 27.8 Å². The number of hydrogen-bond donors (Lipinski definition) is 1. The van der Waals surface area contributed by atoms with E-state index in [1.54, 1.807) is 0 Å². The zero-order valence-electron chi connectivity index (χ0n) is 8.91. The number of rotatable bonds is 2. The molecular formula is C12H14INO2. The van der Waals surface area contributed by atoms with Gasteiger partial charge in [0.1, 0.15) is 0 Å². The highest BCUT2D eigenvalue weighted by Crippen LogP contribution is 2.17. The van der Waals surface area contributed by atoms with Gasteiger partial charge in [0.05, 0.1) is 12.5 Å². The second-order valence-electron chi connectivity index (χ2n) is 3.91. The van der Waals surface area contributed by atoms with E-state index in [0.717, 1.165) is 28.7 Å². The van der Waals surface area contributed by atoms with Crippen molar-refractivity contribution in [2.45, 2.75) is 12.8 Å². The third-order valence-corrected chi connectivity index (χ3v) is 3.29. The molecule has 1 aliphatic rings. The lowest BCUT2D eigenvalue weighted by atomic mass is 10.0. The Kier molecular flexibility index (Phi) is 4.17. The molecule has 0 bridgehead atoms. The number of nitrogens with one attached hydrogen (secondary N) is 1. The van der Waals surface area contributed by atoms with Gasteiger partial charge in [0.15, 0.2) is 0 Å². The molecule has 1 atom stereocenters. The smallest absolute Gasteiger partial charge is 0.229 e. The monoisotopic (exact) mass is 331 g/mol. The molecule has 16 heavy (non-hydrogen) atoms. The summed E-state index contributed by atoms with van der Waals surface area (Å²) in [7, 11) is 0. The minimum atomic E-state index is 0.00613. The molecule has 0 saturated carbocycles. The van der Waals surface area contributed by atoms with Gasteiger partial charge in [-0.05, 0) is 53.6 Å². The predicted octanol–water partition coefficient (Wildman–Crippen LogP) is 2.66. The Bertz CT molecular complexity index is 375. The molecule has 1 amide bonds. The molecule has 1 N–H and O–H groups in total. The maximum atomic E-state index is 11.9. The van der Waals surface area contributed by atoms with E-state index < -0.39 is 0 Å². The number of halogens is 1. The van der Waals surface area contributed by atoms with Crippen LogP contribution in [0.2, 0.25) is 0 Å². The molecule has 4 heteroatoms. The van der Waals surface area contributed by atoms with Crippen molar-refractivity contribution >= 4 is 34.2 Å². The van der Waals surface area contributed by atoms with Crippen LogP contribution in [-0.2, 0) is 9.53 Å². The summed E-state index contributed by atoms with van der Waals surface area (Å²) in [5.41, 5.74) is 0.863. The molecule has 3 nitrogen and oxygen atoms in total. The van der Waals surface area contributed by atoms with Crippen molar-refractivity contribution in [3.63, 3.8) is 0 Å². The van der Waals surface area contributed by atoms with Gasteiger partial charge in [-0.1, -0.05) is 6.07 Å². The van der Waals surface area contributed by atoms with Crippen LogP contribution in [0.15, 0.2) is 24.3 Å². The Morgan fingerprint density at radius 3 is 3.06 bits per heavy atom. The lowest BCUT2D eigenvalue weighted by Crippen LogP contribution is -2.30. The van der Waals surface area contributed by atoms with Gasteiger partial charge in [-0.25, -0.2) is 0 Å². The van der Waals surface area contributed by atoms with Crippen molar-refractivity contribution in [2.75, 3.05) is 18.5 Å². The van der Waals surface area contributed by atoms with Crippen molar-refractivity contribution < 1.29 is 9.53 Å². The Labute approximate surface area is 109 Å². The van der Waals surface area contributed by atoms with E-state index in [-0.39, 0.29) is 11.8 Å². The fourth-order valence-corrected chi connectivity index (χ4v) is 2.30.